The second kappa shape index (κ2) is 5.27. The number of hydrogen-bond acceptors (Lipinski definition) is 2. The van der Waals surface area contributed by atoms with Gasteiger partial charge in [0.2, 0.25) is 0 Å². The quantitative estimate of drug-likeness (QED) is 0.815. The van der Waals surface area contributed by atoms with E-state index in [0.717, 1.165) is 19.3 Å². The van der Waals surface area contributed by atoms with Gasteiger partial charge in [0.05, 0.1) is 0 Å². The van der Waals surface area contributed by atoms with Gasteiger partial charge in [-0.2, -0.15) is 0 Å². The molecule has 1 aliphatic carbocycles. The molecular weight excluding hydrogens is 210 g/mol. The van der Waals surface area contributed by atoms with Crippen LogP contribution in [0.15, 0.2) is 0 Å². The van der Waals surface area contributed by atoms with Gasteiger partial charge in [-0.15, -0.1) is 0 Å². The van der Waals surface area contributed by atoms with E-state index < -0.39 is 0 Å². The van der Waals surface area contributed by atoms with Crippen LogP contribution in [0.3, 0.4) is 0 Å². The Bertz CT molecular complexity index is 243. The highest BCUT2D eigenvalue weighted by Gasteiger charge is 2.31. The van der Waals surface area contributed by atoms with Crippen LogP contribution in [0.4, 0.5) is 0 Å². The fourth-order valence-electron chi connectivity index (χ4n) is 3.30. The lowest BCUT2D eigenvalue weighted by molar-refractivity contribution is 0.0211. The van der Waals surface area contributed by atoms with Gasteiger partial charge < -0.3 is 10.1 Å². The highest BCUT2D eigenvalue weighted by atomic mass is 16.5. The molecule has 1 saturated heterocycles. The maximum absolute atomic E-state index is 5.46. The fourth-order valence-corrected chi connectivity index (χ4v) is 3.30. The summed E-state index contributed by atoms with van der Waals surface area (Å²) in [7, 11) is 0. The predicted octanol–water partition coefficient (Wildman–Crippen LogP) is 3.36. The third kappa shape index (κ3) is 3.96. The average molecular weight is 239 g/mol. The monoisotopic (exact) mass is 239 g/mol. The Morgan fingerprint density at radius 1 is 1.12 bits per heavy atom. The zero-order valence-electron chi connectivity index (χ0n) is 11.8. The Morgan fingerprint density at radius 2 is 1.82 bits per heavy atom. The van der Waals surface area contributed by atoms with Gasteiger partial charge in [0, 0.05) is 25.8 Å². The van der Waals surface area contributed by atoms with Crippen LogP contribution in [0.1, 0.15) is 59.3 Å². The molecule has 2 nitrogen and oxygen atoms in total. The molecule has 0 bridgehead atoms. The van der Waals surface area contributed by atoms with Crippen LogP contribution in [0.2, 0.25) is 0 Å². The summed E-state index contributed by atoms with van der Waals surface area (Å²) in [5, 5.41) is 3.83. The van der Waals surface area contributed by atoms with Gasteiger partial charge in [-0.25, -0.2) is 0 Å². The summed E-state index contributed by atoms with van der Waals surface area (Å²) in [5.41, 5.74) is 1.02. The van der Waals surface area contributed by atoms with Gasteiger partial charge in [0.25, 0.3) is 0 Å². The SMILES string of the molecule is CC1(C)CCCC(NCC2(C)CCOCC2)C1. The molecule has 0 amide bonds. The molecule has 1 aliphatic heterocycles. The molecule has 1 atom stereocenters. The molecule has 0 spiro atoms. The topological polar surface area (TPSA) is 21.3 Å². The Kier molecular flexibility index (Phi) is 4.14. The first-order valence-electron chi connectivity index (χ1n) is 7.30. The van der Waals surface area contributed by atoms with E-state index in [9.17, 15) is 0 Å². The van der Waals surface area contributed by atoms with Crippen LogP contribution in [0.25, 0.3) is 0 Å². The molecule has 0 radical (unpaired) electrons. The fraction of sp³-hybridized carbons (Fsp3) is 1.00. The molecule has 0 aromatic heterocycles. The van der Waals surface area contributed by atoms with E-state index in [1.54, 1.807) is 0 Å². The standard InChI is InChI=1S/C15H29NO/c1-14(2)6-4-5-13(11-14)16-12-15(3)7-9-17-10-8-15/h13,16H,4-12H2,1-3H3. The van der Waals surface area contributed by atoms with Crippen molar-refractivity contribution in [2.24, 2.45) is 10.8 Å². The maximum atomic E-state index is 5.46. The third-order valence-corrected chi connectivity index (χ3v) is 4.72. The summed E-state index contributed by atoms with van der Waals surface area (Å²) in [6.07, 6.45) is 7.95. The molecular formula is C15H29NO. The van der Waals surface area contributed by atoms with E-state index in [2.05, 4.69) is 26.1 Å². The summed E-state index contributed by atoms with van der Waals surface area (Å²) in [5.74, 6) is 0. The predicted molar refractivity (Wildman–Crippen MR) is 72.2 cm³/mol. The second-order valence-electron chi connectivity index (χ2n) is 7.26. The van der Waals surface area contributed by atoms with E-state index in [1.807, 2.05) is 0 Å². The minimum absolute atomic E-state index is 0.472. The zero-order chi connectivity index (χ0) is 12.4. The van der Waals surface area contributed by atoms with Crippen LogP contribution >= 0.6 is 0 Å². The molecule has 1 heterocycles. The number of hydrogen-bond donors (Lipinski definition) is 1. The van der Waals surface area contributed by atoms with E-state index in [0.29, 0.717) is 10.8 Å². The van der Waals surface area contributed by atoms with Crippen molar-refractivity contribution in [2.45, 2.75) is 65.3 Å². The Morgan fingerprint density at radius 3 is 2.47 bits per heavy atom. The molecule has 1 saturated carbocycles. The van der Waals surface area contributed by atoms with Crippen LogP contribution in [0.5, 0.6) is 0 Å². The molecule has 0 aromatic rings. The minimum Gasteiger partial charge on any atom is -0.381 e. The van der Waals surface area contributed by atoms with Gasteiger partial charge in [0.15, 0.2) is 0 Å². The molecule has 2 heteroatoms. The summed E-state index contributed by atoms with van der Waals surface area (Å²) in [6, 6.07) is 0.749. The number of rotatable bonds is 3. The highest BCUT2D eigenvalue weighted by Crippen LogP contribution is 2.36. The summed E-state index contributed by atoms with van der Waals surface area (Å²) in [6.45, 7) is 10.3. The van der Waals surface area contributed by atoms with Crippen molar-refractivity contribution in [3.63, 3.8) is 0 Å². The number of ether oxygens (including phenoxy) is 1. The van der Waals surface area contributed by atoms with Gasteiger partial charge >= 0.3 is 0 Å². The number of nitrogens with one attached hydrogen (secondary N) is 1. The Hall–Kier alpha value is -0.0800. The molecule has 17 heavy (non-hydrogen) atoms. The Balaban J connectivity index is 1.77. The van der Waals surface area contributed by atoms with Crippen molar-refractivity contribution >= 4 is 0 Å². The van der Waals surface area contributed by atoms with Crippen molar-refractivity contribution in [1.82, 2.24) is 5.32 Å². The first-order chi connectivity index (χ1) is 7.99. The lowest BCUT2D eigenvalue weighted by Gasteiger charge is -2.39. The smallest absolute Gasteiger partial charge is 0.0471 e. The van der Waals surface area contributed by atoms with E-state index >= 15 is 0 Å². The van der Waals surface area contributed by atoms with Crippen molar-refractivity contribution in [2.75, 3.05) is 19.8 Å². The molecule has 2 aliphatic rings. The minimum atomic E-state index is 0.472. The first kappa shape index (κ1) is 13.4. The second-order valence-corrected chi connectivity index (χ2v) is 7.26. The molecule has 1 unspecified atom stereocenters. The van der Waals surface area contributed by atoms with Crippen molar-refractivity contribution in [3.05, 3.63) is 0 Å². The van der Waals surface area contributed by atoms with E-state index in [4.69, 9.17) is 4.74 Å². The summed E-state index contributed by atoms with van der Waals surface area (Å²) in [4.78, 5) is 0. The maximum Gasteiger partial charge on any atom is 0.0471 e. The lowest BCUT2D eigenvalue weighted by atomic mass is 9.74. The van der Waals surface area contributed by atoms with Gasteiger partial charge in [-0.1, -0.05) is 27.2 Å². The van der Waals surface area contributed by atoms with Gasteiger partial charge in [-0.05, 0) is 42.9 Å². The normalized spacial score (nSPS) is 32.3. The summed E-state index contributed by atoms with van der Waals surface area (Å²) < 4.78 is 5.46. The molecule has 2 rings (SSSR count). The van der Waals surface area contributed by atoms with Crippen LogP contribution in [0, 0.1) is 10.8 Å². The third-order valence-electron chi connectivity index (χ3n) is 4.72. The first-order valence-corrected chi connectivity index (χ1v) is 7.30. The lowest BCUT2D eigenvalue weighted by Crippen LogP contribution is -2.44. The highest BCUT2D eigenvalue weighted by molar-refractivity contribution is 4.86. The van der Waals surface area contributed by atoms with Gasteiger partial charge in [0.1, 0.15) is 0 Å². The van der Waals surface area contributed by atoms with Crippen LogP contribution in [-0.2, 0) is 4.74 Å². The summed E-state index contributed by atoms with van der Waals surface area (Å²) >= 11 is 0. The van der Waals surface area contributed by atoms with Crippen molar-refractivity contribution in [1.29, 1.82) is 0 Å². The van der Waals surface area contributed by atoms with Crippen molar-refractivity contribution in [3.8, 4) is 0 Å². The molecule has 100 valence electrons. The molecule has 1 N–H and O–H groups in total. The van der Waals surface area contributed by atoms with E-state index in [-0.39, 0.29) is 0 Å². The molecule has 2 fully saturated rings. The van der Waals surface area contributed by atoms with E-state index in [1.165, 1.54) is 45.1 Å². The zero-order valence-corrected chi connectivity index (χ0v) is 11.8. The average Bonchev–Trinajstić information content (AvgIpc) is 2.26. The van der Waals surface area contributed by atoms with Crippen LogP contribution < -0.4 is 5.32 Å². The van der Waals surface area contributed by atoms with Crippen molar-refractivity contribution < 1.29 is 4.74 Å². The van der Waals surface area contributed by atoms with Gasteiger partial charge in [-0.3, -0.25) is 0 Å². The largest absolute Gasteiger partial charge is 0.381 e. The Labute approximate surface area is 107 Å². The molecule has 0 aromatic carbocycles. The van der Waals surface area contributed by atoms with Crippen LogP contribution in [-0.4, -0.2) is 25.8 Å².